The van der Waals surface area contributed by atoms with E-state index < -0.39 is 40.7 Å². The van der Waals surface area contributed by atoms with Crippen molar-refractivity contribution in [3.63, 3.8) is 0 Å². The minimum absolute atomic E-state index is 0.0351. The van der Waals surface area contributed by atoms with Crippen LogP contribution in [0.25, 0.3) is 0 Å². The number of nitrogens with zero attached hydrogens (tertiary/aromatic N) is 3. The number of anilines is 3. The zero-order valence-corrected chi connectivity index (χ0v) is 20.8. The van der Waals surface area contributed by atoms with Crippen LogP contribution >= 0.6 is 0 Å². The lowest BCUT2D eigenvalue weighted by Gasteiger charge is -2.28. The average Bonchev–Trinajstić information content (AvgIpc) is 3.34. The molecule has 2 heterocycles. The van der Waals surface area contributed by atoms with Gasteiger partial charge in [-0.05, 0) is 55.8 Å². The number of cyclic esters (lactones) is 1. The Hall–Kier alpha value is -4.85. The molecule has 0 unspecified atom stereocenters. The van der Waals surface area contributed by atoms with Gasteiger partial charge in [-0.2, -0.15) is 18.4 Å². The van der Waals surface area contributed by atoms with Gasteiger partial charge in [0.25, 0.3) is 5.91 Å². The summed E-state index contributed by atoms with van der Waals surface area (Å²) in [5.74, 6) is -1.12. The maximum absolute atomic E-state index is 13.5. The Kier molecular flexibility index (Phi) is 6.06. The molecule has 198 valence electrons. The number of carbonyl (C=O) groups excluding carboxylic acids is 3. The Morgan fingerprint density at radius 3 is 2.51 bits per heavy atom. The summed E-state index contributed by atoms with van der Waals surface area (Å²) in [4.78, 5) is 40.8. The second-order valence-electron chi connectivity index (χ2n) is 9.64. The van der Waals surface area contributed by atoms with E-state index in [0.717, 1.165) is 17.7 Å². The summed E-state index contributed by atoms with van der Waals surface area (Å²) in [5, 5.41) is 12.3. The van der Waals surface area contributed by atoms with E-state index in [1.54, 1.807) is 42.5 Å². The molecule has 1 fully saturated rings. The highest BCUT2D eigenvalue weighted by Crippen LogP contribution is 2.39. The average molecular weight is 534 g/mol. The molecule has 5 rings (SSSR count). The van der Waals surface area contributed by atoms with E-state index in [0.29, 0.717) is 33.5 Å². The largest absolute Gasteiger partial charge is 0.457 e. The molecule has 11 heteroatoms. The zero-order valence-electron chi connectivity index (χ0n) is 20.8. The lowest BCUT2D eigenvalue weighted by molar-refractivity contribution is -0.137. The third-order valence-corrected chi connectivity index (χ3v) is 6.82. The van der Waals surface area contributed by atoms with Gasteiger partial charge in [-0.25, -0.2) is 14.5 Å². The van der Waals surface area contributed by atoms with Crippen LogP contribution in [0.2, 0.25) is 0 Å². The Morgan fingerprint density at radius 1 is 1.05 bits per heavy atom. The summed E-state index contributed by atoms with van der Waals surface area (Å²) >= 11 is 0. The maximum atomic E-state index is 13.5. The van der Waals surface area contributed by atoms with Crippen molar-refractivity contribution in [3.8, 4) is 6.07 Å². The fourth-order valence-corrected chi connectivity index (χ4v) is 4.63. The van der Waals surface area contributed by atoms with E-state index in [1.807, 2.05) is 0 Å². The number of benzene rings is 3. The van der Waals surface area contributed by atoms with E-state index in [1.165, 1.54) is 24.8 Å². The molecule has 0 atom stereocenters. The molecule has 1 N–H and O–H groups in total. The van der Waals surface area contributed by atoms with E-state index in [-0.39, 0.29) is 18.8 Å². The van der Waals surface area contributed by atoms with Crippen molar-refractivity contribution in [1.82, 2.24) is 4.90 Å². The minimum atomic E-state index is -4.85. The molecule has 1 saturated heterocycles. The molecule has 0 saturated carbocycles. The number of hydrogen-bond donors (Lipinski definition) is 1. The molecule has 3 aromatic rings. The van der Waals surface area contributed by atoms with Gasteiger partial charge in [-0.1, -0.05) is 24.3 Å². The second kappa shape index (κ2) is 9.16. The first-order chi connectivity index (χ1) is 18.4. The fourth-order valence-electron chi connectivity index (χ4n) is 4.63. The van der Waals surface area contributed by atoms with E-state index >= 15 is 0 Å². The van der Waals surface area contributed by atoms with Gasteiger partial charge in [0, 0.05) is 16.9 Å². The van der Waals surface area contributed by atoms with Crippen molar-refractivity contribution < 1.29 is 32.3 Å². The number of alkyl halides is 3. The first-order valence-corrected chi connectivity index (χ1v) is 11.8. The third-order valence-electron chi connectivity index (χ3n) is 6.82. The highest BCUT2D eigenvalue weighted by atomic mass is 19.4. The first-order valence-electron chi connectivity index (χ1n) is 11.8. The number of para-hydroxylation sites is 1. The molecule has 0 spiro atoms. The van der Waals surface area contributed by atoms with Crippen molar-refractivity contribution in [2.45, 2.75) is 38.7 Å². The number of halogens is 3. The molecule has 3 aromatic carbocycles. The summed E-state index contributed by atoms with van der Waals surface area (Å²) in [6, 6.07) is 15.7. The van der Waals surface area contributed by atoms with Crippen LogP contribution in [0.15, 0.2) is 60.7 Å². The van der Waals surface area contributed by atoms with Crippen LogP contribution in [0.1, 0.15) is 46.5 Å². The predicted octanol–water partition coefficient (Wildman–Crippen LogP) is 5.74. The lowest BCUT2D eigenvalue weighted by atomic mass is 10.0. The molecular weight excluding hydrogens is 513 g/mol. The summed E-state index contributed by atoms with van der Waals surface area (Å²) in [5.41, 5.74) is -0.413. The number of esters is 1. The zero-order chi connectivity index (χ0) is 28.1. The Labute approximate surface area is 221 Å². The molecule has 0 radical (unpaired) electrons. The number of ether oxygens (including phenoxy) is 1. The monoisotopic (exact) mass is 534 g/mol. The van der Waals surface area contributed by atoms with Gasteiger partial charge >= 0.3 is 18.2 Å². The topological polar surface area (TPSA) is 103 Å². The van der Waals surface area contributed by atoms with Gasteiger partial charge in [0.1, 0.15) is 12.1 Å². The lowest BCUT2D eigenvalue weighted by Crippen LogP contribution is -2.43. The van der Waals surface area contributed by atoms with Crippen molar-refractivity contribution in [2.24, 2.45) is 0 Å². The maximum Gasteiger partial charge on any atom is 0.417 e. The molecule has 3 amide bonds. The smallest absolute Gasteiger partial charge is 0.417 e. The molecule has 0 bridgehead atoms. The number of amides is 3. The number of imide groups is 1. The van der Waals surface area contributed by atoms with Crippen LogP contribution in [-0.2, 0) is 28.9 Å². The summed E-state index contributed by atoms with van der Waals surface area (Å²) < 4.78 is 45.7. The highest BCUT2D eigenvalue weighted by molar-refractivity contribution is 6.23. The Bertz CT molecular complexity index is 1580. The minimum Gasteiger partial charge on any atom is -0.457 e. The number of rotatable bonds is 5. The van der Waals surface area contributed by atoms with Crippen LogP contribution in [0, 0.1) is 11.3 Å². The van der Waals surface area contributed by atoms with Gasteiger partial charge in [0.05, 0.1) is 35.0 Å². The summed E-state index contributed by atoms with van der Waals surface area (Å²) in [6.07, 6.45) is -4.85. The Balaban J connectivity index is 1.45. The number of carbonyl (C=O) groups is 3. The number of nitrogens with one attached hydrogen (secondary N) is 1. The normalized spacial score (nSPS) is 16.3. The van der Waals surface area contributed by atoms with Crippen molar-refractivity contribution in [3.05, 3.63) is 88.5 Å². The van der Waals surface area contributed by atoms with Gasteiger partial charge in [0.15, 0.2) is 0 Å². The van der Waals surface area contributed by atoms with Crippen LogP contribution in [0.5, 0.6) is 0 Å². The SMILES string of the molecule is CC1(C)C(=O)N(c2ccc(C#N)c(C(F)(F)F)c2)C(=O)N1Cc1ccccc1Nc1ccc2c(c1)C(=O)OC2. The van der Waals surface area contributed by atoms with Crippen LogP contribution in [-0.4, -0.2) is 28.3 Å². The number of fused-ring (bicyclic) bond motifs is 1. The molecule has 0 aliphatic carbocycles. The van der Waals surface area contributed by atoms with E-state index in [2.05, 4.69) is 5.32 Å². The molecular formula is C28H21F3N4O4. The predicted molar refractivity (Wildman–Crippen MR) is 134 cm³/mol. The van der Waals surface area contributed by atoms with Crippen LogP contribution in [0.3, 0.4) is 0 Å². The fraction of sp³-hybridized carbons (Fsp3) is 0.214. The van der Waals surface area contributed by atoms with Gasteiger partial charge < -0.3 is 15.0 Å². The van der Waals surface area contributed by atoms with Crippen LogP contribution in [0.4, 0.5) is 35.0 Å². The van der Waals surface area contributed by atoms with E-state index in [4.69, 9.17) is 10.00 Å². The quantitative estimate of drug-likeness (QED) is 0.331. The number of urea groups is 1. The second-order valence-corrected chi connectivity index (χ2v) is 9.64. The summed E-state index contributed by atoms with van der Waals surface area (Å²) in [7, 11) is 0. The van der Waals surface area contributed by atoms with Crippen LogP contribution < -0.4 is 10.2 Å². The van der Waals surface area contributed by atoms with Gasteiger partial charge in [0.2, 0.25) is 0 Å². The molecule has 2 aliphatic rings. The van der Waals surface area contributed by atoms with E-state index in [9.17, 15) is 27.6 Å². The first kappa shape index (κ1) is 25.8. The van der Waals surface area contributed by atoms with Gasteiger partial charge in [-0.3, -0.25) is 4.79 Å². The summed E-state index contributed by atoms with van der Waals surface area (Å²) in [6.45, 7) is 3.21. The van der Waals surface area contributed by atoms with Crippen molar-refractivity contribution in [1.29, 1.82) is 5.26 Å². The molecule has 0 aromatic heterocycles. The molecule has 8 nitrogen and oxygen atoms in total. The third kappa shape index (κ3) is 4.44. The van der Waals surface area contributed by atoms with Crippen molar-refractivity contribution in [2.75, 3.05) is 10.2 Å². The number of nitriles is 1. The Morgan fingerprint density at radius 2 is 1.79 bits per heavy atom. The molecule has 2 aliphatic heterocycles. The molecule has 39 heavy (non-hydrogen) atoms. The highest BCUT2D eigenvalue weighted by Gasteiger charge is 2.52. The standard InChI is InChI=1S/C28H21F3N4O4/c1-27(2)25(37)35(20-10-8-16(13-32)22(12-20)28(29,30)31)26(38)34(27)14-17-5-3-4-6-23(17)33-19-9-7-18-15-39-24(36)21(18)11-19/h3-12,33H,14-15H2,1-2H3. The van der Waals surface area contributed by atoms with Crippen molar-refractivity contribution >= 4 is 35.0 Å². The number of hydrogen-bond acceptors (Lipinski definition) is 6. The van der Waals surface area contributed by atoms with Gasteiger partial charge in [-0.15, -0.1) is 0 Å².